The maximum atomic E-state index is 12.7. The molecule has 3 rings (SSSR count). The van der Waals surface area contributed by atoms with Gasteiger partial charge in [0.2, 0.25) is 5.91 Å². The Labute approximate surface area is 164 Å². The number of hydrogen-bond donors (Lipinski definition) is 1. The molecule has 6 nitrogen and oxygen atoms in total. The van der Waals surface area contributed by atoms with E-state index >= 15 is 0 Å². The van der Waals surface area contributed by atoms with Crippen LogP contribution in [0.15, 0.2) is 23.1 Å². The molecule has 1 aromatic rings. The number of likely N-dealkylation sites (tertiary alicyclic amines) is 1. The number of benzene rings is 1. The molecule has 2 aliphatic heterocycles. The summed E-state index contributed by atoms with van der Waals surface area (Å²) in [7, 11) is 0. The molecule has 0 aliphatic carbocycles. The summed E-state index contributed by atoms with van der Waals surface area (Å²) in [6.45, 7) is 6.26. The van der Waals surface area contributed by atoms with Crippen LogP contribution >= 0.6 is 11.8 Å². The number of nitrogens with zero attached hydrogens (tertiary/aromatic N) is 1. The van der Waals surface area contributed by atoms with Crippen molar-refractivity contribution in [1.82, 2.24) is 4.90 Å². The number of amides is 2. The average Bonchev–Trinajstić information content (AvgIpc) is 2.67. The molecule has 1 saturated heterocycles. The van der Waals surface area contributed by atoms with Gasteiger partial charge in [0.1, 0.15) is 0 Å². The third-order valence-electron chi connectivity index (χ3n) is 5.16. The number of carbonyl (C=O) groups is 3. The van der Waals surface area contributed by atoms with Crippen LogP contribution in [0.3, 0.4) is 0 Å². The Kier molecular flexibility index (Phi) is 6.09. The first-order valence-corrected chi connectivity index (χ1v) is 10.4. The number of esters is 1. The zero-order valence-electron chi connectivity index (χ0n) is 16.0. The van der Waals surface area contributed by atoms with Crippen LogP contribution in [0.5, 0.6) is 0 Å². The Balaban J connectivity index is 1.67. The van der Waals surface area contributed by atoms with Crippen molar-refractivity contribution in [3.05, 3.63) is 23.8 Å². The largest absolute Gasteiger partial charge is 0.449 e. The standard InChI is InChI=1S/C20H26N2O4S/c1-4-15-7-5-6-10-22(15)19(24)12(2)26-20(25)14-8-9-17-16(11-14)21-18(23)13(3)27-17/h8-9,11-13,15H,4-7,10H2,1-3H3,(H,21,23). The third-order valence-corrected chi connectivity index (χ3v) is 6.34. The van der Waals surface area contributed by atoms with Gasteiger partial charge in [-0.2, -0.15) is 0 Å². The number of anilines is 1. The fourth-order valence-corrected chi connectivity index (χ4v) is 4.49. The van der Waals surface area contributed by atoms with Gasteiger partial charge in [-0.25, -0.2) is 4.79 Å². The maximum Gasteiger partial charge on any atom is 0.338 e. The molecule has 146 valence electrons. The molecule has 3 atom stereocenters. The molecule has 2 heterocycles. The van der Waals surface area contributed by atoms with Crippen LogP contribution in [-0.2, 0) is 14.3 Å². The second-order valence-corrected chi connectivity index (χ2v) is 8.48. The zero-order valence-corrected chi connectivity index (χ0v) is 16.8. The minimum atomic E-state index is -0.829. The van der Waals surface area contributed by atoms with Gasteiger partial charge in [-0.05, 0) is 57.7 Å². The molecule has 2 amide bonds. The fraction of sp³-hybridized carbons (Fsp3) is 0.550. The number of nitrogens with one attached hydrogen (secondary N) is 1. The molecule has 0 radical (unpaired) electrons. The van der Waals surface area contributed by atoms with Gasteiger partial charge in [0.05, 0.1) is 16.5 Å². The normalized spacial score (nSPS) is 23.2. The van der Waals surface area contributed by atoms with Gasteiger partial charge >= 0.3 is 5.97 Å². The number of hydrogen-bond acceptors (Lipinski definition) is 5. The number of fused-ring (bicyclic) bond motifs is 1. The summed E-state index contributed by atoms with van der Waals surface area (Å²) in [4.78, 5) is 39.9. The van der Waals surface area contributed by atoms with Crippen molar-refractivity contribution in [2.24, 2.45) is 0 Å². The molecule has 7 heteroatoms. The molecule has 0 aromatic heterocycles. The molecule has 1 fully saturated rings. The second kappa shape index (κ2) is 8.33. The summed E-state index contributed by atoms with van der Waals surface area (Å²) < 4.78 is 5.43. The van der Waals surface area contributed by atoms with E-state index in [1.807, 2.05) is 11.8 Å². The van der Waals surface area contributed by atoms with Gasteiger partial charge in [0.25, 0.3) is 5.91 Å². The topological polar surface area (TPSA) is 75.7 Å². The van der Waals surface area contributed by atoms with Gasteiger partial charge in [0, 0.05) is 17.5 Å². The molecular weight excluding hydrogens is 364 g/mol. The summed E-state index contributed by atoms with van der Waals surface area (Å²) in [5.74, 6) is -0.774. The molecule has 0 saturated carbocycles. The van der Waals surface area contributed by atoms with E-state index in [-0.39, 0.29) is 23.1 Å². The van der Waals surface area contributed by atoms with Gasteiger partial charge in [0.15, 0.2) is 6.10 Å². The zero-order chi connectivity index (χ0) is 19.6. The van der Waals surface area contributed by atoms with E-state index in [0.717, 1.165) is 37.1 Å². The number of thioether (sulfide) groups is 1. The van der Waals surface area contributed by atoms with E-state index < -0.39 is 12.1 Å². The summed E-state index contributed by atoms with van der Waals surface area (Å²) in [5.41, 5.74) is 0.938. The van der Waals surface area contributed by atoms with Crippen molar-refractivity contribution in [3.63, 3.8) is 0 Å². The minimum Gasteiger partial charge on any atom is -0.449 e. The van der Waals surface area contributed by atoms with Gasteiger partial charge in [-0.1, -0.05) is 6.92 Å². The van der Waals surface area contributed by atoms with Gasteiger partial charge in [-0.3, -0.25) is 9.59 Å². The molecule has 27 heavy (non-hydrogen) atoms. The highest BCUT2D eigenvalue weighted by molar-refractivity contribution is 8.00. The average molecular weight is 391 g/mol. The first-order valence-electron chi connectivity index (χ1n) is 9.53. The van der Waals surface area contributed by atoms with Crippen LogP contribution in [0.4, 0.5) is 5.69 Å². The van der Waals surface area contributed by atoms with Crippen LogP contribution in [-0.4, -0.2) is 46.6 Å². The second-order valence-electron chi connectivity index (χ2n) is 7.10. The highest BCUT2D eigenvalue weighted by Gasteiger charge is 2.31. The number of rotatable bonds is 4. The van der Waals surface area contributed by atoms with Crippen molar-refractivity contribution < 1.29 is 19.1 Å². The van der Waals surface area contributed by atoms with Crippen LogP contribution in [0.25, 0.3) is 0 Å². The third kappa shape index (κ3) is 4.29. The SMILES string of the molecule is CCC1CCCCN1C(=O)C(C)OC(=O)c1ccc2c(c1)NC(=O)C(C)S2. The molecule has 2 aliphatic rings. The molecular formula is C20H26N2O4S. The lowest BCUT2D eigenvalue weighted by Gasteiger charge is -2.36. The van der Waals surface area contributed by atoms with Crippen LogP contribution in [0.1, 0.15) is 56.8 Å². The summed E-state index contributed by atoms with van der Waals surface area (Å²) >= 11 is 1.46. The lowest BCUT2D eigenvalue weighted by molar-refractivity contribution is -0.143. The molecule has 0 spiro atoms. The van der Waals surface area contributed by atoms with Crippen molar-refractivity contribution >= 4 is 35.2 Å². The predicted octanol–water partition coefficient (Wildman–Crippen LogP) is 3.46. The van der Waals surface area contributed by atoms with E-state index in [4.69, 9.17) is 4.74 Å². The lowest BCUT2D eigenvalue weighted by Crippen LogP contribution is -2.48. The van der Waals surface area contributed by atoms with Crippen molar-refractivity contribution in [2.45, 2.75) is 68.7 Å². The van der Waals surface area contributed by atoms with Crippen LogP contribution in [0.2, 0.25) is 0 Å². The maximum absolute atomic E-state index is 12.7. The number of ether oxygens (including phenoxy) is 1. The van der Waals surface area contributed by atoms with Crippen molar-refractivity contribution in [1.29, 1.82) is 0 Å². The van der Waals surface area contributed by atoms with Gasteiger partial charge in [-0.15, -0.1) is 11.8 Å². The fourth-order valence-electron chi connectivity index (χ4n) is 3.56. The summed E-state index contributed by atoms with van der Waals surface area (Å²) in [6.07, 6.45) is 3.21. The van der Waals surface area contributed by atoms with Crippen molar-refractivity contribution in [2.75, 3.05) is 11.9 Å². The quantitative estimate of drug-likeness (QED) is 0.797. The smallest absolute Gasteiger partial charge is 0.338 e. The molecule has 3 unspecified atom stereocenters. The van der Waals surface area contributed by atoms with E-state index in [1.165, 1.54) is 11.8 Å². The summed E-state index contributed by atoms with van der Waals surface area (Å²) in [6, 6.07) is 5.31. The Bertz CT molecular complexity index is 751. The Morgan fingerprint density at radius 3 is 2.89 bits per heavy atom. The van der Waals surface area contributed by atoms with E-state index in [2.05, 4.69) is 12.2 Å². The number of carbonyl (C=O) groups excluding carboxylic acids is 3. The highest BCUT2D eigenvalue weighted by Crippen LogP contribution is 2.36. The van der Waals surface area contributed by atoms with E-state index in [0.29, 0.717) is 11.3 Å². The Morgan fingerprint density at radius 2 is 2.15 bits per heavy atom. The number of piperidine rings is 1. The van der Waals surface area contributed by atoms with Gasteiger partial charge < -0.3 is 15.0 Å². The first kappa shape index (κ1) is 19.7. The minimum absolute atomic E-state index is 0.0859. The van der Waals surface area contributed by atoms with E-state index in [1.54, 1.807) is 25.1 Å². The first-order chi connectivity index (χ1) is 12.9. The Hall–Kier alpha value is -2.02. The lowest BCUT2D eigenvalue weighted by atomic mass is 9.99. The van der Waals surface area contributed by atoms with E-state index in [9.17, 15) is 14.4 Å². The van der Waals surface area contributed by atoms with Crippen LogP contribution < -0.4 is 5.32 Å². The molecule has 0 bridgehead atoms. The Morgan fingerprint density at radius 1 is 1.37 bits per heavy atom. The highest BCUT2D eigenvalue weighted by atomic mass is 32.2. The predicted molar refractivity (Wildman–Crippen MR) is 105 cm³/mol. The van der Waals surface area contributed by atoms with Crippen LogP contribution in [0, 0.1) is 0 Å². The monoisotopic (exact) mass is 390 g/mol. The molecule has 1 aromatic carbocycles. The molecule has 1 N–H and O–H groups in total. The van der Waals surface area contributed by atoms with Crippen molar-refractivity contribution in [3.8, 4) is 0 Å². The summed E-state index contributed by atoms with van der Waals surface area (Å²) in [5, 5.41) is 2.64.